The van der Waals surface area contributed by atoms with Crippen molar-refractivity contribution in [1.82, 2.24) is 24.9 Å². The van der Waals surface area contributed by atoms with Crippen molar-refractivity contribution >= 4 is 17.7 Å². The number of carbonyl (C=O) groups is 3. The maximum absolute atomic E-state index is 13.1. The van der Waals surface area contributed by atoms with Crippen molar-refractivity contribution in [3.63, 3.8) is 0 Å². The van der Waals surface area contributed by atoms with E-state index in [0.29, 0.717) is 30.9 Å². The van der Waals surface area contributed by atoms with Crippen LogP contribution in [-0.4, -0.2) is 77.1 Å². The molecule has 1 aromatic heterocycles. The molecular formula is C20H25N5O4. The number of benzene rings is 1. The lowest BCUT2D eigenvalue weighted by Crippen LogP contribution is -2.60. The van der Waals surface area contributed by atoms with Crippen molar-refractivity contribution in [2.24, 2.45) is 0 Å². The predicted octanol–water partition coefficient (Wildman–Crippen LogP) is 0.359. The summed E-state index contributed by atoms with van der Waals surface area (Å²) in [6.07, 6.45) is 3.53. The Bertz CT molecular complexity index is 896. The summed E-state index contributed by atoms with van der Waals surface area (Å²) in [5.74, 6) is 0.0108. The third-order valence-electron chi connectivity index (χ3n) is 5.04. The maximum Gasteiger partial charge on any atom is 0.254 e. The van der Waals surface area contributed by atoms with Crippen LogP contribution in [-0.2, 0) is 16.1 Å². The number of aromatic nitrogens is 2. The fourth-order valence-corrected chi connectivity index (χ4v) is 3.52. The first-order chi connectivity index (χ1) is 13.9. The summed E-state index contributed by atoms with van der Waals surface area (Å²) < 4.78 is 7.16. The number of rotatable bonds is 5. The number of likely N-dealkylation sites (N-methyl/N-ethyl adjacent to an activating group) is 1. The average molecular weight is 399 g/mol. The van der Waals surface area contributed by atoms with Gasteiger partial charge in [-0.15, -0.1) is 0 Å². The van der Waals surface area contributed by atoms with Crippen molar-refractivity contribution in [3.8, 4) is 5.75 Å². The van der Waals surface area contributed by atoms with Gasteiger partial charge in [0.05, 0.1) is 20.2 Å². The number of hydrogen-bond acceptors (Lipinski definition) is 5. The highest BCUT2D eigenvalue weighted by molar-refractivity contribution is 5.96. The van der Waals surface area contributed by atoms with Crippen LogP contribution < -0.4 is 10.1 Å². The van der Waals surface area contributed by atoms with E-state index in [9.17, 15) is 14.4 Å². The van der Waals surface area contributed by atoms with Gasteiger partial charge in [-0.1, -0.05) is 0 Å². The van der Waals surface area contributed by atoms with Gasteiger partial charge >= 0.3 is 0 Å². The second-order valence-corrected chi connectivity index (χ2v) is 6.82. The van der Waals surface area contributed by atoms with Crippen LogP contribution in [0.25, 0.3) is 0 Å². The highest BCUT2D eigenvalue weighted by Gasteiger charge is 2.35. The number of nitrogens with zero attached hydrogens (tertiary/aromatic N) is 4. The molecular weight excluding hydrogens is 374 g/mol. The van der Waals surface area contributed by atoms with E-state index in [1.165, 1.54) is 18.9 Å². The third-order valence-corrected chi connectivity index (χ3v) is 5.04. The highest BCUT2D eigenvalue weighted by Crippen LogP contribution is 2.23. The molecule has 2 aromatic rings. The summed E-state index contributed by atoms with van der Waals surface area (Å²) >= 11 is 0. The zero-order valence-corrected chi connectivity index (χ0v) is 16.8. The van der Waals surface area contributed by atoms with E-state index in [4.69, 9.17) is 4.74 Å². The molecule has 1 fully saturated rings. The molecule has 3 amide bonds. The SMILES string of the molecule is CNC(=O)[C@H]1CN(C(=O)c2ccc(OC)c(Cn3cccn3)c2)CCN1C(C)=O. The first-order valence-electron chi connectivity index (χ1n) is 9.37. The normalized spacial score (nSPS) is 16.4. The number of amides is 3. The van der Waals surface area contributed by atoms with Gasteiger partial charge in [0.15, 0.2) is 0 Å². The molecule has 2 heterocycles. The third kappa shape index (κ3) is 4.39. The Morgan fingerprint density at radius 3 is 2.69 bits per heavy atom. The number of ether oxygens (including phenoxy) is 1. The lowest BCUT2D eigenvalue weighted by atomic mass is 10.1. The minimum absolute atomic E-state index is 0.151. The molecule has 0 aliphatic carbocycles. The maximum atomic E-state index is 13.1. The summed E-state index contributed by atoms with van der Waals surface area (Å²) in [5.41, 5.74) is 1.33. The van der Waals surface area contributed by atoms with Gasteiger partial charge in [0, 0.05) is 50.6 Å². The van der Waals surface area contributed by atoms with Crippen LogP contribution in [0.5, 0.6) is 5.75 Å². The van der Waals surface area contributed by atoms with Gasteiger partial charge in [0.1, 0.15) is 11.8 Å². The first-order valence-corrected chi connectivity index (χ1v) is 9.37. The molecule has 9 heteroatoms. The van der Waals surface area contributed by atoms with Crippen molar-refractivity contribution in [3.05, 3.63) is 47.8 Å². The van der Waals surface area contributed by atoms with Crippen molar-refractivity contribution in [1.29, 1.82) is 0 Å². The standard InChI is InChI=1S/C20H25N5O4/c1-14(26)25-10-9-23(13-17(25)19(27)21-2)20(28)15-5-6-18(29-3)16(11-15)12-24-8-4-7-22-24/h4-8,11,17H,9-10,12-13H2,1-3H3,(H,21,27)/t17-/m1/s1. The molecule has 0 saturated carbocycles. The molecule has 29 heavy (non-hydrogen) atoms. The molecule has 0 radical (unpaired) electrons. The summed E-state index contributed by atoms with van der Waals surface area (Å²) in [7, 11) is 3.10. The molecule has 3 rings (SSSR count). The number of carbonyl (C=O) groups excluding carboxylic acids is 3. The molecule has 1 N–H and O–H groups in total. The number of piperazine rings is 1. The van der Waals surface area contributed by atoms with Gasteiger partial charge in [-0.05, 0) is 24.3 Å². The second kappa shape index (κ2) is 8.76. The van der Waals surface area contributed by atoms with Gasteiger partial charge in [-0.25, -0.2) is 0 Å². The Kier molecular flexibility index (Phi) is 6.16. The smallest absolute Gasteiger partial charge is 0.254 e. The van der Waals surface area contributed by atoms with E-state index in [2.05, 4.69) is 10.4 Å². The molecule has 9 nitrogen and oxygen atoms in total. The molecule has 0 unspecified atom stereocenters. The van der Waals surface area contributed by atoms with Gasteiger partial charge < -0.3 is 19.9 Å². The minimum atomic E-state index is -0.697. The molecule has 0 spiro atoms. The van der Waals surface area contributed by atoms with E-state index < -0.39 is 6.04 Å². The van der Waals surface area contributed by atoms with E-state index in [0.717, 1.165) is 5.56 Å². The molecule has 1 aromatic carbocycles. The van der Waals surface area contributed by atoms with Crippen LogP contribution in [0.3, 0.4) is 0 Å². The summed E-state index contributed by atoms with van der Waals surface area (Å²) in [5, 5.41) is 6.77. The van der Waals surface area contributed by atoms with Gasteiger partial charge in [0.2, 0.25) is 11.8 Å². The lowest BCUT2D eigenvalue weighted by molar-refractivity contribution is -0.141. The second-order valence-electron chi connectivity index (χ2n) is 6.82. The van der Waals surface area contributed by atoms with Crippen molar-refractivity contribution in [2.75, 3.05) is 33.8 Å². The molecule has 1 aliphatic rings. The molecule has 1 aliphatic heterocycles. The van der Waals surface area contributed by atoms with Crippen molar-refractivity contribution in [2.45, 2.75) is 19.5 Å². The summed E-state index contributed by atoms with van der Waals surface area (Å²) in [6.45, 7) is 2.73. The van der Waals surface area contributed by atoms with E-state index >= 15 is 0 Å². The molecule has 1 atom stereocenters. The Morgan fingerprint density at radius 2 is 2.07 bits per heavy atom. The van der Waals surface area contributed by atoms with Crippen LogP contribution >= 0.6 is 0 Å². The van der Waals surface area contributed by atoms with Crippen LogP contribution in [0.2, 0.25) is 0 Å². The van der Waals surface area contributed by atoms with Gasteiger partial charge in [-0.2, -0.15) is 5.10 Å². The Hall–Kier alpha value is -3.36. The van der Waals surface area contributed by atoms with E-state index in [1.54, 1.807) is 41.1 Å². The quantitative estimate of drug-likeness (QED) is 0.783. The zero-order valence-electron chi connectivity index (χ0n) is 16.8. The van der Waals surface area contributed by atoms with Crippen LogP contribution in [0.4, 0.5) is 0 Å². The van der Waals surface area contributed by atoms with Crippen LogP contribution in [0.1, 0.15) is 22.8 Å². The average Bonchev–Trinajstić information content (AvgIpc) is 3.25. The van der Waals surface area contributed by atoms with Crippen molar-refractivity contribution < 1.29 is 19.1 Å². The Morgan fingerprint density at radius 1 is 1.28 bits per heavy atom. The van der Waals surface area contributed by atoms with E-state index in [-0.39, 0.29) is 24.3 Å². The Labute approximate surface area is 169 Å². The first kappa shape index (κ1) is 20.4. The lowest BCUT2D eigenvalue weighted by Gasteiger charge is -2.40. The summed E-state index contributed by atoms with van der Waals surface area (Å²) in [6, 6.07) is 6.38. The Balaban J connectivity index is 1.82. The van der Waals surface area contributed by atoms with Crippen LogP contribution in [0, 0.1) is 0 Å². The number of nitrogens with one attached hydrogen (secondary N) is 1. The van der Waals surface area contributed by atoms with Gasteiger partial charge in [-0.3, -0.25) is 19.1 Å². The number of hydrogen-bond donors (Lipinski definition) is 1. The molecule has 1 saturated heterocycles. The molecule has 154 valence electrons. The predicted molar refractivity (Wildman–Crippen MR) is 105 cm³/mol. The zero-order chi connectivity index (χ0) is 21.0. The number of methoxy groups -OCH3 is 1. The fourth-order valence-electron chi connectivity index (χ4n) is 3.52. The van der Waals surface area contributed by atoms with Gasteiger partial charge in [0.25, 0.3) is 5.91 Å². The molecule has 0 bridgehead atoms. The van der Waals surface area contributed by atoms with E-state index in [1.807, 2.05) is 12.3 Å². The topological polar surface area (TPSA) is 96.8 Å². The minimum Gasteiger partial charge on any atom is -0.496 e. The monoisotopic (exact) mass is 399 g/mol. The highest BCUT2D eigenvalue weighted by atomic mass is 16.5. The van der Waals surface area contributed by atoms with Crippen LogP contribution in [0.15, 0.2) is 36.7 Å². The fraction of sp³-hybridized carbons (Fsp3) is 0.400. The largest absolute Gasteiger partial charge is 0.496 e. The summed E-state index contributed by atoms with van der Waals surface area (Å²) in [4.78, 5) is 40.3.